The van der Waals surface area contributed by atoms with Gasteiger partial charge in [0.2, 0.25) is 0 Å². The fourth-order valence-electron chi connectivity index (χ4n) is 1.40. The fourth-order valence-corrected chi connectivity index (χ4v) is 2.07. The number of nitrogens with zero attached hydrogens (tertiary/aromatic N) is 2. The van der Waals surface area contributed by atoms with Crippen molar-refractivity contribution in [3.63, 3.8) is 0 Å². The average Bonchev–Trinajstić information content (AvgIpc) is 2.83. The molecule has 0 fully saturated rings. The van der Waals surface area contributed by atoms with E-state index in [1.54, 1.807) is 29.7 Å². The lowest BCUT2D eigenvalue weighted by molar-refractivity contribution is -0.384. The lowest BCUT2D eigenvalue weighted by Gasteiger charge is -1.93. The minimum atomic E-state index is -1.16. The van der Waals surface area contributed by atoms with Crippen LogP contribution in [0.2, 0.25) is 0 Å². The van der Waals surface area contributed by atoms with Crippen LogP contribution in [0.1, 0.15) is 11.3 Å². The van der Waals surface area contributed by atoms with E-state index in [1.807, 2.05) is 0 Å². The number of rotatable bonds is 4. The van der Waals surface area contributed by atoms with Gasteiger partial charge >= 0.3 is 6.09 Å². The van der Waals surface area contributed by atoms with Crippen LogP contribution < -0.4 is 5.32 Å². The van der Waals surface area contributed by atoms with Gasteiger partial charge in [-0.3, -0.25) is 15.4 Å². The number of nitrogens with one attached hydrogen (secondary N) is 1. The maximum Gasteiger partial charge on any atom is 0.410 e. The smallest absolute Gasteiger partial charge is 0.410 e. The molecule has 1 aromatic heterocycles. The van der Waals surface area contributed by atoms with E-state index < -0.39 is 11.0 Å². The summed E-state index contributed by atoms with van der Waals surface area (Å²) in [5.74, 6) is 0. The molecule has 0 aliphatic rings. The van der Waals surface area contributed by atoms with Gasteiger partial charge in [0, 0.05) is 17.5 Å². The van der Waals surface area contributed by atoms with E-state index in [0.29, 0.717) is 10.8 Å². The predicted octanol–water partition coefficient (Wildman–Crippen LogP) is 3.31. The van der Waals surface area contributed by atoms with E-state index in [1.165, 1.54) is 23.5 Å². The average molecular weight is 291 g/mol. The molecule has 2 rings (SSSR count). The van der Waals surface area contributed by atoms with Gasteiger partial charge in [0.25, 0.3) is 5.69 Å². The van der Waals surface area contributed by atoms with Crippen molar-refractivity contribution in [2.24, 2.45) is 0 Å². The molecule has 1 heterocycles. The van der Waals surface area contributed by atoms with Gasteiger partial charge in [-0.1, -0.05) is 6.08 Å². The quantitative estimate of drug-likeness (QED) is 0.664. The fraction of sp³-hybridized carbons (Fsp3) is 0. The Labute approximate surface area is 117 Å². The molecule has 20 heavy (non-hydrogen) atoms. The number of carboxylic acid groups (broad SMARTS) is 1. The normalized spacial score (nSPS) is 10.6. The van der Waals surface area contributed by atoms with Gasteiger partial charge in [0.15, 0.2) is 5.13 Å². The van der Waals surface area contributed by atoms with Crippen molar-refractivity contribution >= 4 is 40.4 Å². The van der Waals surface area contributed by atoms with Crippen molar-refractivity contribution < 1.29 is 14.8 Å². The van der Waals surface area contributed by atoms with Gasteiger partial charge < -0.3 is 5.11 Å². The molecular weight excluding hydrogens is 282 g/mol. The summed E-state index contributed by atoms with van der Waals surface area (Å²) in [5, 5.41) is 23.2. The van der Waals surface area contributed by atoms with E-state index in [0.717, 1.165) is 5.56 Å². The minimum Gasteiger partial charge on any atom is -0.465 e. The molecule has 0 saturated carbocycles. The molecule has 0 unspecified atom stereocenters. The number of hydrogen-bond donors (Lipinski definition) is 2. The lowest BCUT2D eigenvalue weighted by Crippen LogP contribution is -2.06. The highest BCUT2D eigenvalue weighted by atomic mass is 32.1. The number of carbonyl (C=O) groups is 1. The molecule has 0 atom stereocenters. The van der Waals surface area contributed by atoms with Crippen molar-refractivity contribution in [3.8, 4) is 0 Å². The van der Waals surface area contributed by atoms with Crippen LogP contribution in [0.4, 0.5) is 15.6 Å². The number of aromatic nitrogens is 1. The van der Waals surface area contributed by atoms with E-state index in [4.69, 9.17) is 5.11 Å². The Morgan fingerprint density at radius 1 is 1.35 bits per heavy atom. The van der Waals surface area contributed by atoms with E-state index in [2.05, 4.69) is 10.3 Å². The summed E-state index contributed by atoms with van der Waals surface area (Å²) in [4.78, 5) is 24.5. The van der Waals surface area contributed by atoms with Gasteiger partial charge in [0.05, 0.1) is 10.6 Å². The van der Waals surface area contributed by atoms with Crippen molar-refractivity contribution in [2.75, 3.05) is 5.32 Å². The van der Waals surface area contributed by atoms with Gasteiger partial charge in [-0.05, 0) is 23.8 Å². The van der Waals surface area contributed by atoms with Crippen LogP contribution in [-0.4, -0.2) is 21.1 Å². The Bertz CT molecular complexity index is 664. The SMILES string of the molecule is O=C(O)Nc1nc(C=Cc2ccc([N+](=O)[O-])cc2)cs1. The molecule has 2 aromatic rings. The van der Waals surface area contributed by atoms with E-state index in [9.17, 15) is 14.9 Å². The monoisotopic (exact) mass is 291 g/mol. The Morgan fingerprint density at radius 3 is 2.65 bits per heavy atom. The predicted molar refractivity (Wildman–Crippen MR) is 75.8 cm³/mol. The Morgan fingerprint density at radius 2 is 2.05 bits per heavy atom. The van der Waals surface area contributed by atoms with E-state index >= 15 is 0 Å². The van der Waals surface area contributed by atoms with Crippen molar-refractivity contribution in [1.82, 2.24) is 4.98 Å². The first-order chi connectivity index (χ1) is 9.54. The second-order valence-corrected chi connectivity index (χ2v) is 4.55. The maximum atomic E-state index is 10.5. The largest absolute Gasteiger partial charge is 0.465 e. The first kappa shape index (κ1) is 13.7. The third kappa shape index (κ3) is 3.62. The van der Waals surface area contributed by atoms with Gasteiger partial charge in [-0.2, -0.15) is 0 Å². The van der Waals surface area contributed by atoms with Gasteiger partial charge in [0.1, 0.15) is 0 Å². The van der Waals surface area contributed by atoms with Crippen LogP contribution in [0, 0.1) is 10.1 Å². The highest BCUT2D eigenvalue weighted by Gasteiger charge is 2.04. The third-order valence-corrected chi connectivity index (χ3v) is 3.06. The highest BCUT2D eigenvalue weighted by molar-refractivity contribution is 7.14. The third-order valence-electron chi connectivity index (χ3n) is 2.29. The summed E-state index contributed by atoms with van der Waals surface area (Å²) < 4.78 is 0. The zero-order chi connectivity index (χ0) is 14.5. The summed E-state index contributed by atoms with van der Waals surface area (Å²) in [7, 11) is 0. The Balaban J connectivity index is 2.07. The van der Waals surface area contributed by atoms with Crippen molar-refractivity contribution in [3.05, 3.63) is 51.0 Å². The molecule has 7 nitrogen and oxygen atoms in total. The van der Waals surface area contributed by atoms with E-state index in [-0.39, 0.29) is 5.69 Å². The molecule has 0 bridgehead atoms. The van der Waals surface area contributed by atoms with Gasteiger partial charge in [-0.25, -0.2) is 9.78 Å². The summed E-state index contributed by atoms with van der Waals surface area (Å²) in [5.41, 5.74) is 1.43. The van der Waals surface area contributed by atoms with Crippen LogP contribution in [0.3, 0.4) is 0 Å². The second-order valence-electron chi connectivity index (χ2n) is 3.69. The molecule has 102 valence electrons. The topological polar surface area (TPSA) is 105 Å². The number of hydrogen-bond acceptors (Lipinski definition) is 5. The molecule has 1 amide bonds. The highest BCUT2D eigenvalue weighted by Crippen LogP contribution is 2.18. The summed E-state index contributed by atoms with van der Waals surface area (Å²) >= 11 is 1.18. The standard InChI is InChI=1S/C12H9N3O4S/c16-12(17)14-11-13-9(7-20-11)4-1-8-2-5-10(6-3-8)15(18)19/h1-7H,(H,13,14)(H,16,17). The zero-order valence-corrected chi connectivity index (χ0v) is 10.8. The number of amides is 1. The minimum absolute atomic E-state index is 0.0313. The molecule has 8 heteroatoms. The molecule has 2 N–H and O–H groups in total. The first-order valence-electron chi connectivity index (χ1n) is 5.42. The molecule has 0 saturated heterocycles. The van der Waals surface area contributed by atoms with Crippen molar-refractivity contribution in [2.45, 2.75) is 0 Å². The first-order valence-corrected chi connectivity index (χ1v) is 6.30. The maximum absolute atomic E-state index is 10.5. The lowest BCUT2D eigenvalue weighted by atomic mass is 10.2. The Kier molecular flexibility index (Phi) is 4.06. The van der Waals surface area contributed by atoms with Crippen LogP contribution in [0.5, 0.6) is 0 Å². The number of anilines is 1. The number of benzene rings is 1. The number of thiazole rings is 1. The van der Waals surface area contributed by atoms with Crippen LogP contribution in [0.15, 0.2) is 29.6 Å². The molecule has 0 aliphatic heterocycles. The molecular formula is C12H9N3O4S. The van der Waals surface area contributed by atoms with Crippen LogP contribution in [0.25, 0.3) is 12.2 Å². The summed E-state index contributed by atoms with van der Waals surface area (Å²) in [6.07, 6.45) is 2.28. The molecule has 1 aromatic carbocycles. The number of nitro groups is 1. The number of nitro benzene ring substituents is 1. The second kappa shape index (κ2) is 5.93. The molecule has 0 spiro atoms. The molecule has 0 radical (unpaired) electrons. The zero-order valence-electron chi connectivity index (χ0n) is 10.0. The van der Waals surface area contributed by atoms with Crippen LogP contribution >= 0.6 is 11.3 Å². The van der Waals surface area contributed by atoms with Crippen LogP contribution in [-0.2, 0) is 0 Å². The van der Waals surface area contributed by atoms with Gasteiger partial charge in [-0.15, -0.1) is 11.3 Å². The number of non-ortho nitro benzene ring substituents is 1. The molecule has 0 aliphatic carbocycles. The Hall–Kier alpha value is -2.74. The van der Waals surface area contributed by atoms with Crippen molar-refractivity contribution in [1.29, 1.82) is 0 Å². The summed E-state index contributed by atoms with van der Waals surface area (Å²) in [6.45, 7) is 0. The summed E-state index contributed by atoms with van der Waals surface area (Å²) in [6, 6.07) is 6.07.